The lowest BCUT2D eigenvalue weighted by Gasteiger charge is -2.08. The topological polar surface area (TPSA) is 63.2 Å². The van der Waals surface area contributed by atoms with Gasteiger partial charge in [-0.1, -0.05) is 24.3 Å². The lowest BCUT2D eigenvalue weighted by molar-refractivity contribution is -0.114. The molecule has 4 rings (SSSR count). The van der Waals surface area contributed by atoms with Crippen molar-refractivity contribution in [2.75, 3.05) is 5.32 Å². The van der Waals surface area contributed by atoms with Crippen LogP contribution in [-0.2, 0) is 4.79 Å². The Labute approximate surface area is 125 Å². The average Bonchev–Trinajstić information content (AvgIpc) is 2.74. The van der Waals surface area contributed by atoms with Crippen molar-refractivity contribution in [1.29, 1.82) is 0 Å². The number of carbonyl (C=O) groups is 3. The molecule has 0 saturated carbocycles. The highest BCUT2D eigenvalue weighted by atomic mass is 16.2. The Morgan fingerprint density at radius 2 is 1.77 bits per heavy atom. The maximum atomic E-state index is 12.3. The van der Waals surface area contributed by atoms with Gasteiger partial charge in [-0.25, -0.2) is 0 Å². The molecule has 1 aliphatic carbocycles. The smallest absolute Gasteiger partial charge is 0.234 e. The summed E-state index contributed by atoms with van der Waals surface area (Å²) < 4.78 is 0. The Kier molecular flexibility index (Phi) is 2.45. The van der Waals surface area contributed by atoms with Gasteiger partial charge in [-0.15, -0.1) is 0 Å². The zero-order valence-electron chi connectivity index (χ0n) is 11.8. The minimum atomic E-state index is -0.455. The summed E-state index contributed by atoms with van der Waals surface area (Å²) in [6.07, 6.45) is 0. The van der Waals surface area contributed by atoms with E-state index in [9.17, 15) is 14.4 Å². The number of Topliss-reactive ketones (excluding diaryl/α,β-unsaturated/α-hetero) is 2. The van der Waals surface area contributed by atoms with E-state index < -0.39 is 11.6 Å². The van der Waals surface area contributed by atoms with Crippen LogP contribution in [0.1, 0.15) is 27.6 Å². The number of fused-ring (bicyclic) bond motifs is 2. The number of carbonyl (C=O) groups excluding carboxylic acids is 3. The van der Waals surface area contributed by atoms with Gasteiger partial charge in [0.2, 0.25) is 17.5 Å². The fourth-order valence-corrected chi connectivity index (χ4v) is 3.12. The van der Waals surface area contributed by atoms with Gasteiger partial charge in [-0.05, 0) is 34.4 Å². The summed E-state index contributed by atoms with van der Waals surface area (Å²) in [6.45, 7) is 1.44. The Morgan fingerprint density at radius 3 is 2.55 bits per heavy atom. The van der Waals surface area contributed by atoms with Crippen molar-refractivity contribution in [2.45, 2.75) is 6.92 Å². The minimum Gasteiger partial charge on any atom is -0.326 e. The predicted octanol–water partition coefficient (Wildman–Crippen LogP) is 3.33. The standard InChI is InChI=1S/C18H11NO3/c1-9(20)19-12-5-6-13-11(8-12)7-10-3-2-4-14-15(10)16(13)18(22)17(14)21/h2-8H,1H3,(H,19,20). The highest BCUT2D eigenvalue weighted by Gasteiger charge is 2.32. The van der Waals surface area contributed by atoms with Gasteiger partial charge in [-0.3, -0.25) is 14.4 Å². The number of hydrogen-bond donors (Lipinski definition) is 1. The van der Waals surface area contributed by atoms with Crippen LogP contribution < -0.4 is 5.32 Å². The highest BCUT2D eigenvalue weighted by Crippen LogP contribution is 2.37. The van der Waals surface area contributed by atoms with Crippen molar-refractivity contribution < 1.29 is 14.4 Å². The van der Waals surface area contributed by atoms with Crippen LogP contribution in [0, 0.1) is 0 Å². The van der Waals surface area contributed by atoms with Crippen molar-refractivity contribution >= 4 is 44.7 Å². The molecule has 1 aliphatic rings. The molecular weight excluding hydrogens is 278 g/mol. The van der Waals surface area contributed by atoms with Gasteiger partial charge in [0.05, 0.1) is 0 Å². The van der Waals surface area contributed by atoms with E-state index in [4.69, 9.17) is 0 Å². The van der Waals surface area contributed by atoms with E-state index in [0.29, 0.717) is 16.8 Å². The van der Waals surface area contributed by atoms with E-state index in [1.165, 1.54) is 6.92 Å². The number of nitrogens with one attached hydrogen (secondary N) is 1. The second-order valence-electron chi connectivity index (χ2n) is 5.43. The molecule has 3 aromatic carbocycles. The number of ketones is 2. The molecule has 0 aromatic heterocycles. The van der Waals surface area contributed by atoms with Crippen LogP contribution in [0.4, 0.5) is 5.69 Å². The average molecular weight is 289 g/mol. The molecule has 4 nitrogen and oxygen atoms in total. The predicted molar refractivity (Wildman–Crippen MR) is 84.4 cm³/mol. The molecule has 0 unspecified atom stereocenters. The molecule has 1 N–H and O–H groups in total. The zero-order chi connectivity index (χ0) is 15.4. The Hall–Kier alpha value is -3.01. The third-order valence-corrected chi connectivity index (χ3v) is 3.98. The van der Waals surface area contributed by atoms with Gasteiger partial charge in [0.15, 0.2) is 0 Å². The molecule has 0 bridgehead atoms. The van der Waals surface area contributed by atoms with E-state index in [-0.39, 0.29) is 5.91 Å². The third-order valence-electron chi connectivity index (χ3n) is 3.98. The van der Waals surface area contributed by atoms with Crippen molar-refractivity contribution in [3.8, 4) is 0 Å². The van der Waals surface area contributed by atoms with Crippen LogP contribution in [0.5, 0.6) is 0 Å². The van der Waals surface area contributed by atoms with Crippen LogP contribution in [0.3, 0.4) is 0 Å². The number of benzene rings is 3. The Balaban J connectivity index is 2.10. The van der Waals surface area contributed by atoms with Crippen LogP contribution in [-0.4, -0.2) is 17.5 Å². The monoisotopic (exact) mass is 289 g/mol. The highest BCUT2D eigenvalue weighted by molar-refractivity contribution is 6.59. The minimum absolute atomic E-state index is 0.154. The molecule has 0 heterocycles. The number of anilines is 1. The van der Waals surface area contributed by atoms with Crippen molar-refractivity contribution in [3.05, 3.63) is 53.6 Å². The molecular formula is C18H11NO3. The van der Waals surface area contributed by atoms with Crippen LogP contribution in [0.15, 0.2) is 42.5 Å². The van der Waals surface area contributed by atoms with Crippen LogP contribution in [0.25, 0.3) is 21.5 Å². The number of amides is 1. The molecule has 0 aliphatic heterocycles. The molecule has 0 saturated heterocycles. The van der Waals surface area contributed by atoms with Crippen LogP contribution in [0.2, 0.25) is 0 Å². The summed E-state index contributed by atoms with van der Waals surface area (Å²) in [5.74, 6) is -1.05. The zero-order valence-corrected chi connectivity index (χ0v) is 11.8. The molecule has 1 amide bonds. The molecule has 4 heteroatoms. The molecule has 0 spiro atoms. The molecule has 106 valence electrons. The van der Waals surface area contributed by atoms with Gasteiger partial charge >= 0.3 is 0 Å². The summed E-state index contributed by atoms with van der Waals surface area (Å²) in [7, 11) is 0. The SMILES string of the molecule is CC(=O)Nc1ccc2c3c4c(cccc4cc2c1)C(=O)C3=O. The first-order valence-corrected chi connectivity index (χ1v) is 6.92. The van der Waals surface area contributed by atoms with Crippen LogP contribution >= 0.6 is 0 Å². The first-order chi connectivity index (χ1) is 10.6. The quantitative estimate of drug-likeness (QED) is 0.552. The first kappa shape index (κ1) is 12.7. The lowest BCUT2D eigenvalue weighted by atomic mass is 9.97. The number of hydrogen-bond acceptors (Lipinski definition) is 3. The van der Waals surface area contributed by atoms with Crippen molar-refractivity contribution in [3.63, 3.8) is 0 Å². The van der Waals surface area contributed by atoms with Crippen molar-refractivity contribution in [1.82, 2.24) is 0 Å². The van der Waals surface area contributed by atoms with Crippen molar-refractivity contribution in [2.24, 2.45) is 0 Å². The van der Waals surface area contributed by atoms with E-state index in [2.05, 4.69) is 5.32 Å². The van der Waals surface area contributed by atoms with E-state index in [0.717, 1.165) is 21.5 Å². The fraction of sp³-hybridized carbons (Fsp3) is 0.0556. The summed E-state index contributed by atoms with van der Waals surface area (Å²) in [5, 5.41) is 5.89. The van der Waals surface area contributed by atoms with E-state index >= 15 is 0 Å². The third kappa shape index (κ3) is 1.61. The van der Waals surface area contributed by atoms with Gasteiger partial charge < -0.3 is 5.32 Å². The van der Waals surface area contributed by atoms with Gasteiger partial charge in [0.25, 0.3) is 0 Å². The van der Waals surface area contributed by atoms with Gasteiger partial charge in [0.1, 0.15) is 0 Å². The Bertz CT molecular complexity index is 1020. The Morgan fingerprint density at radius 1 is 0.955 bits per heavy atom. The fourth-order valence-electron chi connectivity index (χ4n) is 3.12. The van der Waals surface area contributed by atoms with Gasteiger partial charge in [0, 0.05) is 29.1 Å². The number of rotatable bonds is 1. The lowest BCUT2D eigenvalue weighted by Crippen LogP contribution is -2.07. The summed E-state index contributed by atoms with van der Waals surface area (Å²) in [6, 6.07) is 12.6. The largest absolute Gasteiger partial charge is 0.326 e. The first-order valence-electron chi connectivity index (χ1n) is 6.92. The summed E-state index contributed by atoms with van der Waals surface area (Å²) in [4.78, 5) is 35.6. The second kappa shape index (κ2) is 4.24. The van der Waals surface area contributed by atoms with Gasteiger partial charge in [-0.2, -0.15) is 0 Å². The maximum Gasteiger partial charge on any atom is 0.234 e. The van der Waals surface area contributed by atoms with E-state index in [1.807, 2.05) is 18.2 Å². The maximum absolute atomic E-state index is 12.3. The molecule has 0 fully saturated rings. The normalized spacial score (nSPS) is 13.1. The molecule has 22 heavy (non-hydrogen) atoms. The molecule has 3 aromatic rings. The molecule has 0 atom stereocenters. The molecule has 0 radical (unpaired) electrons. The summed E-state index contributed by atoms with van der Waals surface area (Å²) >= 11 is 0. The van der Waals surface area contributed by atoms with E-state index in [1.54, 1.807) is 24.3 Å². The second-order valence-corrected chi connectivity index (χ2v) is 5.43. The summed E-state index contributed by atoms with van der Waals surface area (Å²) in [5.41, 5.74) is 1.62.